The molecule has 43 heavy (non-hydrogen) atoms. The number of nitrogens with zero attached hydrogens (tertiary/aromatic N) is 6. The van der Waals surface area contributed by atoms with Crippen LogP contribution in [-0.4, -0.2) is 49.9 Å². The third kappa shape index (κ3) is 15.0. The van der Waals surface area contributed by atoms with Crippen molar-refractivity contribution in [2.24, 2.45) is 15.3 Å². The first-order valence-electron chi connectivity index (χ1n) is 14.7. The Hall–Kier alpha value is -2.69. The number of hydrogen-bond acceptors (Lipinski definition) is 6. The van der Waals surface area contributed by atoms with Gasteiger partial charge in [0.1, 0.15) is 5.69 Å². The van der Waals surface area contributed by atoms with E-state index in [1.54, 1.807) is 21.1 Å². The maximum atomic E-state index is 11.7. The molecule has 0 bridgehead atoms. The average Bonchev–Trinajstić information content (AvgIpc) is 3.47. The molecule has 1 saturated heterocycles. The minimum atomic E-state index is -0.646. The normalized spacial score (nSPS) is 13.5. The zero-order chi connectivity index (χ0) is 32.0. The average molecular weight is 647 g/mol. The first kappa shape index (κ1) is 40.3. The minimum Gasteiger partial charge on any atom is -0.633 e. The third-order valence-electron chi connectivity index (χ3n) is 6.15. The summed E-state index contributed by atoms with van der Waals surface area (Å²) in [5.74, 6) is 0.181. The minimum absolute atomic E-state index is 0. The summed E-state index contributed by atoms with van der Waals surface area (Å²) in [5.41, 5.74) is 9.59. The van der Waals surface area contributed by atoms with Gasteiger partial charge in [0.15, 0.2) is 0 Å². The van der Waals surface area contributed by atoms with Gasteiger partial charge in [0.05, 0.1) is 26.3 Å². The Morgan fingerprint density at radius 1 is 0.814 bits per heavy atom. The molecule has 2 aromatic carbocycles. The molecule has 1 aliphatic heterocycles. The molecular formula is C32H51CuN6O4. The predicted octanol–water partition coefficient (Wildman–Crippen LogP) is 9.50. The Balaban J connectivity index is 0.00000136. The standard InChI is InChI=1S/C25H34N5O2.C4H8O.C3H9NO.Cu/c1-15(2)19-11-9-12-20(16(3)4)23(19)26-28-25(30(31)32)29-27-24-21(17(5)6)13-10-14-22(24)18(7)8;1-2-4-5-3-1;1-4(2,3)5;/h9-18H,1-8H3;1-4H2;1-3H3;/q-1;;;+1/b28-25+,29-27?;;;. The summed E-state index contributed by atoms with van der Waals surface area (Å²) in [4.78, 5) is 11.0. The van der Waals surface area contributed by atoms with Crippen LogP contribution in [0, 0.1) is 15.3 Å². The monoisotopic (exact) mass is 646 g/mol. The first-order valence-corrected chi connectivity index (χ1v) is 14.7. The molecular weight excluding hydrogens is 596 g/mol. The van der Waals surface area contributed by atoms with Gasteiger partial charge in [0.2, 0.25) is 0 Å². The van der Waals surface area contributed by atoms with Crippen molar-refractivity contribution in [3.8, 4) is 0 Å². The summed E-state index contributed by atoms with van der Waals surface area (Å²) < 4.78 is 4.69. The number of quaternary nitrogens is 1. The molecule has 10 nitrogen and oxygen atoms in total. The molecule has 0 unspecified atom stereocenters. The Labute approximate surface area is 269 Å². The molecule has 3 rings (SSSR count). The molecule has 1 fully saturated rings. The van der Waals surface area contributed by atoms with E-state index in [0.717, 1.165) is 35.5 Å². The smallest absolute Gasteiger partial charge is 0.633 e. The van der Waals surface area contributed by atoms with Crippen molar-refractivity contribution in [3.63, 3.8) is 0 Å². The first-order chi connectivity index (χ1) is 19.5. The van der Waals surface area contributed by atoms with E-state index in [2.05, 4.69) is 76.1 Å². The summed E-state index contributed by atoms with van der Waals surface area (Å²) in [6.45, 7) is 18.5. The molecule has 1 aliphatic rings. The van der Waals surface area contributed by atoms with Crippen LogP contribution in [0.25, 0.3) is 5.43 Å². The maximum Gasteiger partial charge on any atom is 1.00 e. The Bertz CT molecular complexity index is 1120. The van der Waals surface area contributed by atoms with Gasteiger partial charge in [0.25, 0.3) is 0 Å². The van der Waals surface area contributed by atoms with Gasteiger partial charge in [-0.05, 0) is 52.6 Å². The Kier molecular flexibility index (Phi) is 18.3. The largest absolute Gasteiger partial charge is 1.00 e. The molecule has 0 spiro atoms. The van der Waals surface area contributed by atoms with Crippen molar-refractivity contribution >= 4 is 17.3 Å². The molecule has 0 radical (unpaired) electrons. The maximum absolute atomic E-state index is 11.7. The summed E-state index contributed by atoms with van der Waals surface area (Å²) >= 11 is 0. The number of rotatable bonds is 7. The number of azo groups is 1. The van der Waals surface area contributed by atoms with Gasteiger partial charge in [-0.15, -0.1) is 5.69 Å². The zero-order valence-electron chi connectivity index (χ0n) is 27.7. The number of hydroxylamine groups is 3. The molecule has 2 aromatic rings. The second-order valence-electron chi connectivity index (χ2n) is 12.4. The van der Waals surface area contributed by atoms with E-state index in [1.165, 1.54) is 12.8 Å². The van der Waals surface area contributed by atoms with E-state index in [0.29, 0.717) is 11.4 Å². The van der Waals surface area contributed by atoms with Gasteiger partial charge in [-0.25, -0.2) is 0 Å². The quantitative estimate of drug-likeness (QED) is 0.0564. The number of guanidine groups is 1. The van der Waals surface area contributed by atoms with Gasteiger partial charge in [-0.3, -0.25) is 0 Å². The molecule has 1 heterocycles. The molecule has 0 aliphatic carbocycles. The summed E-state index contributed by atoms with van der Waals surface area (Å²) in [7, 11) is 4.71. The summed E-state index contributed by atoms with van der Waals surface area (Å²) in [5, 5.41) is 33.9. The zero-order valence-corrected chi connectivity index (χ0v) is 28.7. The van der Waals surface area contributed by atoms with Crippen LogP contribution < -0.4 is 0 Å². The van der Waals surface area contributed by atoms with Crippen LogP contribution in [0.2, 0.25) is 0 Å². The molecule has 244 valence electrons. The predicted molar refractivity (Wildman–Crippen MR) is 173 cm³/mol. The van der Waals surface area contributed by atoms with Crippen molar-refractivity contribution in [1.82, 2.24) is 0 Å². The van der Waals surface area contributed by atoms with E-state index in [1.807, 2.05) is 36.4 Å². The molecule has 0 saturated carbocycles. The van der Waals surface area contributed by atoms with Crippen LogP contribution in [0.1, 0.15) is 114 Å². The number of hydrogen-bond donors (Lipinski definition) is 0. The van der Waals surface area contributed by atoms with Gasteiger partial charge in [0, 0.05) is 13.2 Å². The van der Waals surface area contributed by atoms with E-state index in [4.69, 9.17) is 4.74 Å². The van der Waals surface area contributed by atoms with Gasteiger partial charge in [-0.2, -0.15) is 5.10 Å². The molecule has 11 heteroatoms. The van der Waals surface area contributed by atoms with Crippen LogP contribution in [-0.2, 0) is 21.8 Å². The van der Waals surface area contributed by atoms with Gasteiger partial charge in [-0.1, -0.05) is 108 Å². The van der Waals surface area contributed by atoms with Crippen molar-refractivity contribution in [2.75, 3.05) is 34.4 Å². The van der Waals surface area contributed by atoms with Crippen LogP contribution >= 0.6 is 0 Å². The molecule has 0 atom stereocenters. The van der Waals surface area contributed by atoms with Crippen LogP contribution in [0.15, 0.2) is 51.7 Å². The fraction of sp³-hybridized carbons (Fsp3) is 0.594. The van der Waals surface area contributed by atoms with Crippen LogP contribution in [0.4, 0.5) is 11.4 Å². The Morgan fingerprint density at radius 3 is 1.49 bits per heavy atom. The van der Waals surface area contributed by atoms with E-state index in [9.17, 15) is 15.3 Å². The fourth-order valence-electron chi connectivity index (χ4n) is 4.05. The van der Waals surface area contributed by atoms with E-state index in [-0.39, 0.29) is 45.4 Å². The van der Waals surface area contributed by atoms with Crippen LogP contribution in [0.5, 0.6) is 0 Å². The number of nitro groups is 1. The number of ether oxygens (including phenoxy) is 1. The SMILES string of the molecule is C1CCOC1.CC(C)c1cccc(C(C)C)c1N=N/C(=N\[N-]c1c(C(C)C)cccc1C(C)C)[N+](=O)[O-].C[N+](C)(C)[O-].[Cu+]. The van der Waals surface area contributed by atoms with Crippen molar-refractivity contribution in [3.05, 3.63) is 79.4 Å². The van der Waals surface area contributed by atoms with Crippen molar-refractivity contribution in [2.45, 2.75) is 91.9 Å². The van der Waals surface area contributed by atoms with Crippen molar-refractivity contribution in [1.29, 1.82) is 0 Å². The summed E-state index contributed by atoms with van der Waals surface area (Å²) in [6.07, 6.45) is 2.56. The molecule has 0 amide bonds. The van der Waals surface area contributed by atoms with Gasteiger partial charge >= 0.3 is 23.0 Å². The fourth-order valence-corrected chi connectivity index (χ4v) is 4.05. The van der Waals surface area contributed by atoms with Crippen LogP contribution in [0.3, 0.4) is 0 Å². The number of benzene rings is 2. The molecule has 0 N–H and O–H groups in total. The van der Waals surface area contributed by atoms with Gasteiger partial charge < -0.3 is 30.1 Å². The third-order valence-corrected chi connectivity index (χ3v) is 6.15. The van der Waals surface area contributed by atoms with E-state index < -0.39 is 10.9 Å². The van der Waals surface area contributed by atoms with Crippen molar-refractivity contribution < 1.29 is 31.4 Å². The topological polar surface area (TPSA) is 127 Å². The molecule has 0 aromatic heterocycles. The van der Waals surface area contributed by atoms with E-state index >= 15 is 0 Å². The second-order valence-corrected chi connectivity index (χ2v) is 12.4. The Morgan fingerprint density at radius 2 is 1.19 bits per heavy atom. The summed E-state index contributed by atoms with van der Waals surface area (Å²) in [6, 6.07) is 11.9. The second kappa shape index (κ2) is 19.6.